The summed E-state index contributed by atoms with van der Waals surface area (Å²) in [5.41, 5.74) is 0.747. The van der Waals surface area contributed by atoms with E-state index in [1.807, 2.05) is 48.2 Å². The third kappa shape index (κ3) is 4.65. The van der Waals surface area contributed by atoms with Crippen LogP contribution in [0.4, 0.5) is 5.69 Å². The first-order valence-electron chi connectivity index (χ1n) is 8.28. The van der Waals surface area contributed by atoms with Crippen molar-refractivity contribution < 1.29 is 14.3 Å². The van der Waals surface area contributed by atoms with Crippen LogP contribution in [0.2, 0.25) is 5.02 Å². The van der Waals surface area contributed by atoms with Gasteiger partial charge in [-0.2, -0.15) is 0 Å². The summed E-state index contributed by atoms with van der Waals surface area (Å²) < 4.78 is 11.4. The molecule has 0 aromatic heterocycles. The van der Waals surface area contributed by atoms with Crippen LogP contribution in [0, 0.1) is 0 Å². The molecule has 2 aromatic carbocycles. The SMILES string of the molecule is CC1CN(C(=O)CNc2ccccc2Oc2ccccc2Cl)CCO1. The molecule has 1 saturated heterocycles. The quantitative estimate of drug-likeness (QED) is 0.881. The van der Waals surface area contributed by atoms with Crippen molar-refractivity contribution in [2.75, 3.05) is 31.6 Å². The lowest BCUT2D eigenvalue weighted by molar-refractivity contribution is -0.136. The van der Waals surface area contributed by atoms with Crippen LogP contribution in [-0.4, -0.2) is 43.2 Å². The van der Waals surface area contributed by atoms with Crippen molar-refractivity contribution in [1.82, 2.24) is 4.90 Å². The molecule has 25 heavy (non-hydrogen) atoms. The minimum Gasteiger partial charge on any atom is -0.454 e. The lowest BCUT2D eigenvalue weighted by Gasteiger charge is -2.31. The van der Waals surface area contributed by atoms with Gasteiger partial charge in [0.05, 0.1) is 30.0 Å². The number of morpholine rings is 1. The van der Waals surface area contributed by atoms with Gasteiger partial charge in [0.25, 0.3) is 0 Å². The summed E-state index contributed by atoms with van der Waals surface area (Å²) in [5.74, 6) is 1.24. The van der Waals surface area contributed by atoms with E-state index in [2.05, 4.69) is 5.32 Å². The third-order valence-corrected chi connectivity index (χ3v) is 4.28. The van der Waals surface area contributed by atoms with Crippen molar-refractivity contribution in [3.8, 4) is 11.5 Å². The molecule has 1 heterocycles. The molecule has 0 saturated carbocycles. The Morgan fingerprint density at radius 2 is 1.96 bits per heavy atom. The summed E-state index contributed by atoms with van der Waals surface area (Å²) >= 11 is 6.15. The molecule has 1 unspecified atom stereocenters. The van der Waals surface area contributed by atoms with Gasteiger partial charge in [-0.3, -0.25) is 4.79 Å². The third-order valence-electron chi connectivity index (χ3n) is 3.97. The number of para-hydroxylation sites is 3. The fourth-order valence-electron chi connectivity index (χ4n) is 2.68. The zero-order valence-corrected chi connectivity index (χ0v) is 14.8. The lowest BCUT2D eigenvalue weighted by Crippen LogP contribution is -2.46. The predicted octanol–water partition coefficient (Wildman–Crippen LogP) is 3.79. The first-order valence-corrected chi connectivity index (χ1v) is 8.66. The highest BCUT2D eigenvalue weighted by Crippen LogP contribution is 2.33. The number of ether oxygens (including phenoxy) is 2. The van der Waals surface area contributed by atoms with Crippen LogP contribution in [-0.2, 0) is 9.53 Å². The monoisotopic (exact) mass is 360 g/mol. The van der Waals surface area contributed by atoms with Crippen LogP contribution in [0.25, 0.3) is 0 Å². The van der Waals surface area contributed by atoms with Gasteiger partial charge in [0.1, 0.15) is 5.75 Å². The Labute approximate surface area is 152 Å². The number of benzene rings is 2. The molecule has 5 nitrogen and oxygen atoms in total. The minimum atomic E-state index is 0.0442. The van der Waals surface area contributed by atoms with Gasteiger partial charge in [0.2, 0.25) is 5.91 Å². The van der Waals surface area contributed by atoms with E-state index >= 15 is 0 Å². The van der Waals surface area contributed by atoms with Crippen LogP contribution < -0.4 is 10.1 Å². The largest absolute Gasteiger partial charge is 0.454 e. The standard InChI is InChI=1S/C19H21ClN2O3/c1-14-13-22(10-11-24-14)19(23)12-21-16-7-3-5-9-18(16)25-17-8-4-2-6-15(17)20/h2-9,14,21H,10-13H2,1H3. The Kier molecular flexibility index (Phi) is 5.79. The minimum absolute atomic E-state index is 0.0442. The Balaban J connectivity index is 1.65. The molecule has 1 fully saturated rings. The molecule has 1 aliphatic rings. The number of carbonyl (C=O) groups is 1. The van der Waals surface area contributed by atoms with E-state index < -0.39 is 0 Å². The molecule has 0 aliphatic carbocycles. The summed E-state index contributed by atoms with van der Waals surface area (Å²) in [6.45, 7) is 4.01. The zero-order chi connectivity index (χ0) is 17.6. The molecule has 2 aromatic rings. The summed E-state index contributed by atoms with van der Waals surface area (Å²) in [6.07, 6.45) is 0.0774. The molecule has 1 atom stereocenters. The number of carbonyl (C=O) groups excluding carboxylic acids is 1. The maximum atomic E-state index is 12.4. The number of hydrogen-bond acceptors (Lipinski definition) is 4. The number of hydrogen-bond donors (Lipinski definition) is 1. The van der Waals surface area contributed by atoms with Crippen LogP contribution in [0.1, 0.15) is 6.92 Å². The van der Waals surface area contributed by atoms with Crippen molar-refractivity contribution in [1.29, 1.82) is 0 Å². The van der Waals surface area contributed by atoms with Crippen LogP contribution in [0.15, 0.2) is 48.5 Å². The maximum absolute atomic E-state index is 12.4. The lowest BCUT2D eigenvalue weighted by atomic mass is 10.2. The van der Waals surface area contributed by atoms with Gasteiger partial charge in [-0.25, -0.2) is 0 Å². The average molecular weight is 361 g/mol. The topological polar surface area (TPSA) is 50.8 Å². The molecular formula is C19H21ClN2O3. The molecule has 1 amide bonds. The number of halogens is 1. The van der Waals surface area contributed by atoms with Crippen molar-refractivity contribution in [2.45, 2.75) is 13.0 Å². The van der Waals surface area contributed by atoms with Gasteiger partial charge in [-0.15, -0.1) is 0 Å². The number of amides is 1. The first kappa shape index (κ1) is 17.6. The number of nitrogens with one attached hydrogen (secondary N) is 1. The first-order chi connectivity index (χ1) is 12.1. The predicted molar refractivity (Wildman–Crippen MR) is 98.5 cm³/mol. The molecule has 0 radical (unpaired) electrons. The second-order valence-electron chi connectivity index (χ2n) is 5.90. The number of nitrogens with zero attached hydrogens (tertiary/aromatic N) is 1. The molecule has 1 aliphatic heterocycles. The fourth-order valence-corrected chi connectivity index (χ4v) is 2.85. The summed E-state index contributed by atoms with van der Waals surface area (Å²) in [5, 5.41) is 3.70. The van der Waals surface area contributed by atoms with E-state index in [-0.39, 0.29) is 18.6 Å². The molecular weight excluding hydrogens is 340 g/mol. The average Bonchev–Trinajstić information content (AvgIpc) is 2.62. The van der Waals surface area contributed by atoms with Crippen molar-refractivity contribution in [3.63, 3.8) is 0 Å². The molecule has 132 valence electrons. The highest BCUT2D eigenvalue weighted by molar-refractivity contribution is 6.32. The van der Waals surface area contributed by atoms with E-state index in [9.17, 15) is 4.79 Å². The fraction of sp³-hybridized carbons (Fsp3) is 0.316. The molecule has 6 heteroatoms. The Hall–Kier alpha value is -2.24. The van der Waals surface area contributed by atoms with E-state index in [1.165, 1.54) is 0 Å². The van der Waals surface area contributed by atoms with Crippen molar-refractivity contribution >= 4 is 23.2 Å². The van der Waals surface area contributed by atoms with E-state index in [0.717, 1.165) is 5.69 Å². The summed E-state index contributed by atoms with van der Waals surface area (Å²) in [7, 11) is 0. The van der Waals surface area contributed by atoms with Crippen LogP contribution in [0.5, 0.6) is 11.5 Å². The number of rotatable bonds is 5. The van der Waals surface area contributed by atoms with E-state index in [1.54, 1.807) is 12.1 Å². The molecule has 1 N–H and O–H groups in total. The Morgan fingerprint density at radius 3 is 2.72 bits per heavy atom. The number of anilines is 1. The molecule has 0 bridgehead atoms. The smallest absolute Gasteiger partial charge is 0.242 e. The normalized spacial score (nSPS) is 17.2. The second-order valence-corrected chi connectivity index (χ2v) is 6.31. The van der Waals surface area contributed by atoms with Crippen LogP contribution in [0.3, 0.4) is 0 Å². The highest BCUT2D eigenvalue weighted by Gasteiger charge is 2.21. The van der Waals surface area contributed by atoms with Crippen LogP contribution >= 0.6 is 11.6 Å². The molecule has 0 spiro atoms. The van der Waals surface area contributed by atoms with Gasteiger partial charge >= 0.3 is 0 Å². The summed E-state index contributed by atoms with van der Waals surface area (Å²) in [6, 6.07) is 14.8. The van der Waals surface area contributed by atoms with Gasteiger partial charge < -0.3 is 19.7 Å². The molecule has 3 rings (SSSR count). The van der Waals surface area contributed by atoms with Gasteiger partial charge in [0.15, 0.2) is 5.75 Å². The highest BCUT2D eigenvalue weighted by atomic mass is 35.5. The van der Waals surface area contributed by atoms with Crippen molar-refractivity contribution in [3.05, 3.63) is 53.6 Å². The van der Waals surface area contributed by atoms with Gasteiger partial charge in [-0.1, -0.05) is 35.9 Å². The van der Waals surface area contributed by atoms with Gasteiger partial charge in [-0.05, 0) is 31.2 Å². The maximum Gasteiger partial charge on any atom is 0.242 e. The van der Waals surface area contributed by atoms with E-state index in [0.29, 0.717) is 36.2 Å². The Bertz CT molecular complexity index is 738. The Morgan fingerprint density at radius 1 is 1.24 bits per heavy atom. The zero-order valence-electron chi connectivity index (χ0n) is 14.1. The summed E-state index contributed by atoms with van der Waals surface area (Å²) in [4.78, 5) is 14.2. The van der Waals surface area contributed by atoms with E-state index in [4.69, 9.17) is 21.1 Å². The van der Waals surface area contributed by atoms with Gasteiger partial charge in [0, 0.05) is 13.1 Å². The van der Waals surface area contributed by atoms with Crippen molar-refractivity contribution in [2.24, 2.45) is 0 Å². The second kappa shape index (κ2) is 8.23.